The molecule has 0 spiro atoms. The maximum absolute atomic E-state index is 12.7. The first kappa shape index (κ1) is 25.4. The lowest BCUT2D eigenvalue weighted by atomic mass is 9.82. The maximum atomic E-state index is 12.7. The van der Waals surface area contributed by atoms with Gasteiger partial charge in [0.2, 0.25) is 11.8 Å². The normalized spacial score (nSPS) is 26.8. The lowest BCUT2D eigenvalue weighted by Gasteiger charge is -2.30. The zero-order valence-corrected chi connectivity index (χ0v) is 19.6. The fraction of sp³-hybridized carbons (Fsp3) is 0.727. The van der Waals surface area contributed by atoms with Crippen LogP contribution in [0, 0.1) is 11.8 Å². The Kier molecular flexibility index (Phi) is 9.02. The van der Waals surface area contributed by atoms with E-state index in [4.69, 9.17) is 9.57 Å². The summed E-state index contributed by atoms with van der Waals surface area (Å²) in [5.41, 5.74) is 0. The first-order valence-electron chi connectivity index (χ1n) is 11.4. The summed E-state index contributed by atoms with van der Waals surface area (Å²) in [6, 6.07) is 0. The molecule has 1 aliphatic carbocycles. The third-order valence-electron chi connectivity index (χ3n) is 6.19. The SMILES string of the molecule is C[C@@H](C=O)OCCCSC1CC(=O)N(C[C@H]2CC[C@H](C(=O)ON3C(=O)CCC3=O)CC2)C1=O. The molecule has 3 fully saturated rings. The molecule has 3 aliphatic rings. The standard InChI is InChI=1S/C22H30N2O8S/c1-14(13-25)31-9-2-10-33-17-11-20(28)23(21(17)29)12-15-3-5-16(6-4-15)22(30)32-24-18(26)7-8-19(24)27/h13-17H,2-12H2,1H3/t14-,15-,16-,17?/m0/s1. The summed E-state index contributed by atoms with van der Waals surface area (Å²) in [6.07, 6.45) is 3.64. The van der Waals surface area contributed by atoms with Crippen LogP contribution in [0.25, 0.3) is 0 Å². The number of thioether (sulfide) groups is 1. The van der Waals surface area contributed by atoms with E-state index >= 15 is 0 Å². The molecule has 0 N–H and O–H groups in total. The molecule has 11 heteroatoms. The number of amides is 4. The van der Waals surface area contributed by atoms with Gasteiger partial charge in [-0.15, -0.1) is 16.8 Å². The van der Waals surface area contributed by atoms with Crippen molar-refractivity contribution in [2.24, 2.45) is 11.8 Å². The predicted octanol–water partition coefficient (Wildman–Crippen LogP) is 1.25. The van der Waals surface area contributed by atoms with Gasteiger partial charge in [-0.1, -0.05) is 0 Å². The van der Waals surface area contributed by atoms with Crippen molar-refractivity contribution >= 4 is 47.6 Å². The van der Waals surface area contributed by atoms with E-state index in [1.807, 2.05) is 0 Å². The van der Waals surface area contributed by atoms with Gasteiger partial charge in [0.1, 0.15) is 12.4 Å². The summed E-state index contributed by atoms with van der Waals surface area (Å²) < 4.78 is 5.29. The van der Waals surface area contributed by atoms with Crippen molar-refractivity contribution in [2.45, 2.75) is 69.6 Å². The number of nitrogens with zero attached hydrogens (tertiary/aromatic N) is 2. The Morgan fingerprint density at radius 3 is 2.39 bits per heavy atom. The first-order valence-corrected chi connectivity index (χ1v) is 12.4. The van der Waals surface area contributed by atoms with E-state index in [9.17, 15) is 28.8 Å². The minimum Gasteiger partial charge on any atom is -0.371 e. The number of hydrogen-bond donors (Lipinski definition) is 0. The molecule has 182 valence electrons. The number of ether oxygens (including phenoxy) is 1. The lowest BCUT2D eigenvalue weighted by Crippen LogP contribution is -2.39. The molecule has 0 aromatic heterocycles. The average molecular weight is 483 g/mol. The molecule has 2 atom stereocenters. The van der Waals surface area contributed by atoms with Gasteiger partial charge in [-0.3, -0.25) is 24.1 Å². The van der Waals surface area contributed by atoms with Crippen LogP contribution in [-0.2, 0) is 38.3 Å². The highest BCUT2D eigenvalue weighted by atomic mass is 32.2. The van der Waals surface area contributed by atoms with Crippen molar-refractivity contribution in [3.63, 3.8) is 0 Å². The van der Waals surface area contributed by atoms with Crippen molar-refractivity contribution < 1.29 is 38.3 Å². The van der Waals surface area contributed by atoms with Crippen LogP contribution >= 0.6 is 11.8 Å². The van der Waals surface area contributed by atoms with Crippen LogP contribution in [0.4, 0.5) is 0 Å². The minimum absolute atomic E-state index is 0.0587. The maximum Gasteiger partial charge on any atom is 0.336 e. The van der Waals surface area contributed by atoms with E-state index in [0.717, 1.165) is 6.29 Å². The van der Waals surface area contributed by atoms with Crippen LogP contribution in [0.15, 0.2) is 0 Å². The molecule has 2 aliphatic heterocycles. The first-order chi connectivity index (χ1) is 15.8. The molecule has 2 heterocycles. The van der Waals surface area contributed by atoms with Crippen molar-refractivity contribution in [3.8, 4) is 0 Å². The zero-order chi connectivity index (χ0) is 24.0. The van der Waals surface area contributed by atoms with Gasteiger partial charge in [0.15, 0.2) is 0 Å². The van der Waals surface area contributed by atoms with Gasteiger partial charge in [0, 0.05) is 32.4 Å². The molecular weight excluding hydrogens is 452 g/mol. The number of aldehydes is 1. The number of carbonyl (C=O) groups is 6. The largest absolute Gasteiger partial charge is 0.371 e. The molecule has 3 rings (SSSR count). The molecule has 1 saturated carbocycles. The second kappa shape index (κ2) is 11.7. The van der Waals surface area contributed by atoms with Crippen LogP contribution in [-0.4, -0.2) is 76.1 Å². The third-order valence-corrected chi connectivity index (χ3v) is 7.49. The van der Waals surface area contributed by atoms with E-state index in [1.54, 1.807) is 6.92 Å². The Labute approximate surface area is 196 Å². The summed E-state index contributed by atoms with van der Waals surface area (Å²) in [4.78, 5) is 77.5. The quantitative estimate of drug-likeness (QED) is 0.243. The lowest BCUT2D eigenvalue weighted by molar-refractivity contribution is -0.201. The van der Waals surface area contributed by atoms with Crippen LogP contribution < -0.4 is 0 Å². The van der Waals surface area contributed by atoms with E-state index in [-0.39, 0.29) is 42.2 Å². The van der Waals surface area contributed by atoms with Gasteiger partial charge in [0.25, 0.3) is 11.8 Å². The molecule has 1 unspecified atom stereocenters. The Balaban J connectivity index is 1.38. The Morgan fingerprint density at radius 2 is 1.76 bits per heavy atom. The van der Waals surface area contributed by atoms with Gasteiger partial charge < -0.3 is 14.4 Å². The van der Waals surface area contributed by atoms with Crippen molar-refractivity contribution in [1.82, 2.24) is 9.96 Å². The Hall–Kier alpha value is -2.27. The topological polar surface area (TPSA) is 127 Å². The Morgan fingerprint density at radius 1 is 1.09 bits per heavy atom. The van der Waals surface area contributed by atoms with Crippen LogP contribution in [0.1, 0.15) is 58.3 Å². The minimum atomic E-state index is -0.576. The molecule has 33 heavy (non-hydrogen) atoms. The summed E-state index contributed by atoms with van der Waals surface area (Å²) in [7, 11) is 0. The zero-order valence-electron chi connectivity index (χ0n) is 18.7. The highest BCUT2D eigenvalue weighted by Gasteiger charge is 2.41. The Bertz CT molecular complexity index is 779. The molecule has 0 aromatic carbocycles. The highest BCUT2D eigenvalue weighted by molar-refractivity contribution is 8.00. The molecule has 2 saturated heterocycles. The summed E-state index contributed by atoms with van der Waals surface area (Å²) >= 11 is 1.44. The second-order valence-corrected chi connectivity index (χ2v) is 9.99. The van der Waals surface area contributed by atoms with Crippen molar-refractivity contribution in [3.05, 3.63) is 0 Å². The summed E-state index contributed by atoms with van der Waals surface area (Å²) in [5, 5.41) is 0.186. The highest BCUT2D eigenvalue weighted by Crippen LogP contribution is 2.33. The van der Waals surface area contributed by atoms with Crippen LogP contribution in [0.2, 0.25) is 0 Å². The summed E-state index contributed by atoms with van der Waals surface area (Å²) in [6.45, 7) is 2.44. The molecule has 0 aromatic rings. The van der Waals surface area contributed by atoms with Crippen LogP contribution in [0.3, 0.4) is 0 Å². The van der Waals surface area contributed by atoms with Gasteiger partial charge in [-0.05, 0) is 50.7 Å². The van der Waals surface area contributed by atoms with Crippen molar-refractivity contribution in [2.75, 3.05) is 18.9 Å². The number of carbonyl (C=O) groups excluding carboxylic acids is 6. The fourth-order valence-electron chi connectivity index (χ4n) is 4.23. The number of likely N-dealkylation sites (tertiary alicyclic amines) is 1. The average Bonchev–Trinajstić information content (AvgIpc) is 3.26. The number of hydroxylamine groups is 2. The molecule has 10 nitrogen and oxygen atoms in total. The molecular formula is C22H30N2O8S. The fourth-order valence-corrected chi connectivity index (χ4v) is 5.33. The second-order valence-electron chi connectivity index (χ2n) is 8.68. The van der Waals surface area contributed by atoms with Crippen LogP contribution in [0.5, 0.6) is 0 Å². The smallest absolute Gasteiger partial charge is 0.336 e. The molecule has 0 bridgehead atoms. The van der Waals surface area contributed by atoms with E-state index in [0.29, 0.717) is 56.1 Å². The summed E-state index contributed by atoms with van der Waals surface area (Å²) in [5.74, 6) is -1.53. The number of hydrogen-bond acceptors (Lipinski definition) is 9. The predicted molar refractivity (Wildman–Crippen MR) is 116 cm³/mol. The van der Waals surface area contributed by atoms with Gasteiger partial charge in [0.05, 0.1) is 11.2 Å². The van der Waals surface area contributed by atoms with Gasteiger partial charge in [-0.25, -0.2) is 4.79 Å². The number of rotatable bonds is 11. The molecule has 0 radical (unpaired) electrons. The van der Waals surface area contributed by atoms with E-state index in [1.165, 1.54) is 16.7 Å². The van der Waals surface area contributed by atoms with Crippen molar-refractivity contribution in [1.29, 1.82) is 0 Å². The third kappa shape index (κ3) is 6.63. The molecule has 4 amide bonds. The number of imide groups is 2. The van der Waals surface area contributed by atoms with E-state index in [2.05, 4.69) is 0 Å². The monoisotopic (exact) mass is 482 g/mol. The van der Waals surface area contributed by atoms with E-state index < -0.39 is 29.8 Å². The van der Waals surface area contributed by atoms with Gasteiger partial charge in [-0.2, -0.15) is 0 Å². The van der Waals surface area contributed by atoms with Gasteiger partial charge >= 0.3 is 5.97 Å².